The second-order valence-corrected chi connectivity index (χ2v) is 8.11. The maximum Gasteiger partial charge on any atom is 0.269 e. The maximum atomic E-state index is 12.7. The van der Waals surface area contributed by atoms with E-state index in [1.165, 1.54) is 38.5 Å². The van der Waals surface area contributed by atoms with E-state index in [4.69, 9.17) is 21.7 Å². The molecule has 0 radical (unpaired) electrons. The molecule has 1 aliphatic heterocycles. The van der Waals surface area contributed by atoms with Crippen LogP contribution < -0.4 is 20.3 Å². The molecular formula is C21H19N3O6S2. The number of thiocarbonyl (C=S) groups is 1. The van der Waals surface area contributed by atoms with Gasteiger partial charge in [0, 0.05) is 5.56 Å². The second-order valence-electron chi connectivity index (χ2n) is 6.43. The van der Waals surface area contributed by atoms with Gasteiger partial charge < -0.3 is 14.6 Å². The van der Waals surface area contributed by atoms with Crippen molar-refractivity contribution in [3.8, 4) is 17.2 Å². The van der Waals surface area contributed by atoms with Crippen LogP contribution in [0.5, 0.6) is 17.2 Å². The van der Waals surface area contributed by atoms with Gasteiger partial charge in [0.25, 0.3) is 17.7 Å². The lowest BCUT2D eigenvalue weighted by Crippen LogP contribution is -2.47. The Morgan fingerprint density at radius 2 is 1.88 bits per heavy atom. The molecule has 11 heteroatoms. The Morgan fingerprint density at radius 1 is 1.12 bits per heavy atom. The summed E-state index contributed by atoms with van der Waals surface area (Å²) in [5, 5.41) is 9.43. The zero-order valence-corrected chi connectivity index (χ0v) is 18.7. The number of methoxy groups -OCH3 is 2. The fourth-order valence-corrected chi connectivity index (χ4v) is 4.01. The molecule has 0 bridgehead atoms. The molecule has 0 spiro atoms. The van der Waals surface area contributed by atoms with Gasteiger partial charge >= 0.3 is 0 Å². The van der Waals surface area contributed by atoms with Gasteiger partial charge in [-0.3, -0.25) is 30.1 Å². The molecule has 0 aromatic heterocycles. The van der Waals surface area contributed by atoms with Crippen molar-refractivity contribution in [3.05, 3.63) is 58.5 Å². The van der Waals surface area contributed by atoms with Gasteiger partial charge in [-0.05, 0) is 42.0 Å². The number of hydrazine groups is 1. The molecule has 9 nitrogen and oxygen atoms in total. The van der Waals surface area contributed by atoms with Gasteiger partial charge in [-0.1, -0.05) is 36.1 Å². The van der Waals surface area contributed by atoms with Crippen molar-refractivity contribution < 1.29 is 29.0 Å². The minimum Gasteiger partial charge on any atom is -0.508 e. The summed E-state index contributed by atoms with van der Waals surface area (Å²) in [5.41, 5.74) is 5.31. The van der Waals surface area contributed by atoms with Gasteiger partial charge in [-0.25, -0.2) is 0 Å². The Morgan fingerprint density at radius 3 is 2.56 bits per heavy atom. The molecule has 3 N–H and O–H groups in total. The Labute approximate surface area is 193 Å². The Bertz CT molecular complexity index is 1120. The number of nitrogens with zero attached hydrogens (tertiary/aromatic N) is 1. The molecule has 0 unspecified atom stereocenters. The molecule has 2 aromatic rings. The fraction of sp³-hybridized carbons (Fsp3) is 0.143. The minimum absolute atomic E-state index is 0.0807. The second kappa shape index (κ2) is 10.2. The smallest absolute Gasteiger partial charge is 0.269 e. The number of carbonyl (C=O) groups is 3. The minimum atomic E-state index is -0.637. The maximum absolute atomic E-state index is 12.7. The summed E-state index contributed by atoms with van der Waals surface area (Å²) in [6.45, 7) is -0.367. The third kappa shape index (κ3) is 5.37. The highest BCUT2D eigenvalue weighted by Gasteiger charge is 2.33. The number of nitrogens with one attached hydrogen (secondary N) is 2. The number of phenols is 1. The van der Waals surface area contributed by atoms with E-state index in [1.807, 2.05) is 0 Å². The van der Waals surface area contributed by atoms with E-state index in [9.17, 15) is 19.5 Å². The number of phenolic OH excluding ortho intramolecular Hbond substituents is 1. The number of benzene rings is 2. The number of thioether (sulfide) groups is 1. The first kappa shape index (κ1) is 23.1. The van der Waals surface area contributed by atoms with Crippen molar-refractivity contribution in [2.75, 3.05) is 20.8 Å². The van der Waals surface area contributed by atoms with Crippen molar-refractivity contribution in [1.29, 1.82) is 0 Å². The number of hydrogen-bond acceptors (Lipinski definition) is 8. The predicted molar refractivity (Wildman–Crippen MR) is 123 cm³/mol. The lowest BCUT2D eigenvalue weighted by atomic mass is 10.2. The van der Waals surface area contributed by atoms with Gasteiger partial charge in [-0.15, -0.1) is 0 Å². The van der Waals surface area contributed by atoms with Crippen LogP contribution in [0, 0.1) is 0 Å². The molecule has 1 fully saturated rings. The van der Waals surface area contributed by atoms with Crippen LogP contribution in [0.2, 0.25) is 0 Å². The highest BCUT2D eigenvalue weighted by Crippen LogP contribution is 2.34. The van der Waals surface area contributed by atoms with Crippen LogP contribution in [0.15, 0.2) is 47.4 Å². The number of aromatic hydroxyl groups is 1. The Balaban J connectivity index is 1.62. The Kier molecular flexibility index (Phi) is 7.33. The van der Waals surface area contributed by atoms with Crippen LogP contribution in [0.25, 0.3) is 6.08 Å². The molecule has 2 aromatic carbocycles. The Hall–Kier alpha value is -3.57. The molecule has 0 atom stereocenters. The van der Waals surface area contributed by atoms with Gasteiger partial charge in [0.05, 0.1) is 19.1 Å². The summed E-state index contributed by atoms with van der Waals surface area (Å²) in [6.07, 6.45) is 1.64. The van der Waals surface area contributed by atoms with Crippen LogP contribution in [0.3, 0.4) is 0 Å². The number of carbonyl (C=O) groups excluding carboxylic acids is 3. The van der Waals surface area contributed by atoms with E-state index in [0.717, 1.165) is 16.7 Å². The summed E-state index contributed by atoms with van der Waals surface area (Å²) in [5.74, 6) is -0.692. The predicted octanol–water partition coefficient (Wildman–Crippen LogP) is 2.07. The molecule has 0 aliphatic carbocycles. The van der Waals surface area contributed by atoms with E-state index in [1.54, 1.807) is 24.3 Å². The van der Waals surface area contributed by atoms with Gasteiger partial charge in [0.2, 0.25) is 0 Å². The SMILES string of the molecule is COc1ccc(C=C2SC(=S)N(CC(=O)NNC(=O)c3cccc(O)c3)C2=O)cc1OC. The number of ether oxygens (including phenoxy) is 2. The molecule has 1 heterocycles. The van der Waals surface area contributed by atoms with E-state index >= 15 is 0 Å². The first-order chi connectivity index (χ1) is 15.3. The summed E-state index contributed by atoms with van der Waals surface area (Å²) >= 11 is 6.30. The van der Waals surface area contributed by atoms with Crippen LogP contribution in [0.4, 0.5) is 0 Å². The zero-order valence-electron chi connectivity index (χ0n) is 17.1. The molecule has 3 rings (SSSR count). The molecule has 1 aliphatic rings. The topological polar surface area (TPSA) is 117 Å². The first-order valence-electron chi connectivity index (χ1n) is 9.18. The summed E-state index contributed by atoms with van der Waals surface area (Å²) in [6, 6.07) is 10.8. The van der Waals surface area contributed by atoms with E-state index in [-0.39, 0.29) is 22.2 Å². The van der Waals surface area contributed by atoms with E-state index < -0.39 is 17.7 Å². The quantitative estimate of drug-likeness (QED) is 0.332. The monoisotopic (exact) mass is 473 g/mol. The van der Waals surface area contributed by atoms with Crippen LogP contribution >= 0.6 is 24.0 Å². The van der Waals surface area contributed by atoms with Crippen LogP contribution in [-0.2, 0) is 9.59 Å². The molecule has 0 saturated carbocycles. The molecule has 32 heavy (non-hydrogen) atoms. The molecular weight excluding hydrogens is 454 g/mol. The highest BCUT2D eigenvalue weighted by molar-refractivity contribution is 8.26. The third-order valence-electron chi connectivity index (χ3n) is 4.30. The summed E-state index contributed by atoms with van der Waals surface area (Å²) in [7, 11) is 3.04. The zero-order chi connectivity index (χ0) is 23.3. The van der Waals surface area contributed by atoms with Crippen molar-refractivity contribution in [3.63, 3.8) is 0 Å². The normalized spacial score (nSPS) is 14.4. The van der Waals surface area contributed by atoms with Crippen LogP contribution in [-0.4, -0.2) is 52.8 Å². The lowest BCUT2D eigenvalue weighted by molar-refractivity contribution is -0.129. The van der Waals surface area contributed by atoms with Crippen molar-refractivity contribution in [2.45, 2.75) is 0 Å². The summed E-state index contributed by atoms with van der Waals surface area (Å²) < 4.78 is 10.7. The van der Waals surface area contributed by atoms with Crippen molar-refractivity contribution in [2.24, 2.45) is 0 Å². The van der Waals surface area contributed by atoms with Gasteiger partial charge in [-0.2, -0.15) is 0 Å². The number of amides is 3. The van der Waals surface area contributed by atoms with Crippen molar-refractivity contribution in [1.82, 2.24) is 15.8 Å². The van der Waals surface area contributed by atoms with Gasteiger partial charge in [0.1, 0.15) is 16.6 Å². The van der Waals surface area contributed by atoms with Crippen molar-refractivity contribution >= 4 is 52.1 Å². The molecule has 3 amide bonds. The fourth-order valence-electron chi connectivity index (χ4n) is 2.76. The molecule has 166 valence electrons. The standard InChI is InChI=1S/C21H19N3O6S2/c1-29-15-7-6-12(8-16(15)30-2)9-17-20(28)24(21(31)32-17)11-18(26)22-23-19(27)13-4-3-5-14(25)10-13/h3-10,25H,11H2,1-2H3,(H,22,26)(H,23,27). The lowest BCUT2D eigenvalue weighted by Gasteiger charge is -2.14. The average Bonchev–Trinajstić information content (AvgIpc) is 3.04. The largest absolute Gasteiger partial charge is 0.508 e. The van der Waals surface area contributed by atoms with E-state index in [0.29, 0.717) is 22.0 Å². The number of hydrogen-bond donors (Lipinski definition) is 3. The third-order valence-corrected chi connectivity index (χ3v) is 5.68. The average molecular weight is 474 g/mol. The van der Waals surface area contributed by atoms with E-state index in [2.05, 4.69) is 10.9 Å². The highest BCUT2D eigenvalue weighted by atomic mass is 32.2. The van der Waals surface area contributed by atoms with Gasteiger partial charge in [0.15, 0.2) is 11.5 Å². The number of rotatable bonds is 6. The summed E-state index contributed by atoms with van der Waals surface area (Å²) in [4.78, 5) is 38.5. The first-order valence-corrected chi connectivity index (χ1v) is 10.4. The van der Waals surface area contributed by atoms with Crippen LogP contribution in [0.1, 0.15) is 15.9 Å². The molecule has 1 saturated heterocycles.